The van der Waals surface area contributed by atoms with Crippen LogP contribution >= 0.6 is 0 Å². The average molecular weight is 372 g/mol. The van der Waals surface area contributed by atoms with Crippen LogP contribution in [0.5, 0.6) is 0 Å². The first-order valence-corrected chi connectivity index (χ1v) is 8.79. The molecule has 0 saturated heterocycles. The fraction of sp³-hybridized carbons (Fsp3) is 0.136. The van der Waals surface area contributed by atoms with Gasteiger partial charge in [0.1, 0.15) is 0 Å². The Kier molecular flexibility index (Phi) is 6.21. The van der Waals surface area contributed by atoms with Crippen LogP contribution in [0.4, 0.5) is 5.69 Å². The van der Waals surface area contributed by atoms with Crippen molar-refractivity contribution < 1.29 is 9.59 Å². The number of nitrogens with zero attached hydrogens (tertiary/aromatic N) is 2. The standard InChI is InChI=1S/C22H20N4O2/c1-17(27)25-21-10-6-18(7-11-21)3-2-12-24-22(28)20-8-4-19(5-9-20)15-26-14-13-23-16-26/h4-11,13-14,16H,12,15H2,1H3,(H,24,28)(H,25,27). The van der Waals surface area contributed by atoms with Crippen LogP contribution in [0.15, 0.2) is 67.3 Å². The van der Waals surface area contributed by atoms with E-state index in [1.54, 1.807) is 36.8 Å². The Morgan fingerprint density at radius 3 is 2.46 bits per heavy atom. The lowest BCUT2D eigenvalue weighted by atomic mass is 10.1. The highest BCUT2D eigenvalue weighted by molar-refractivity contribution is 5.94. The quantitative estimate of drug-likeness (QED) is 0.676. The molecule has 2 N–H and O–H groups in total. The fourth-order valence-electron chi connectivity index (χ4n) is 2.57. The molecule has 0 fully saturated rings. The minimum Gasteiger partial charge on any atom is -0.341 e. The summed E-state index contributed by atoms with van der Waals surface area (Å²) in [5, 5.41) is 5.49. The average Bonchev–Trinajstić information content (AvgIpc) is 3.19. The smallest absolute Gasteiger partial charge is 0.252 e. The van der Waals surface area contributed by atoms with Gasteiger partial charge in [-0.3, -0.25) is 9.59 Å². The summed E-state index contributed by atoms with van der Waals surface area (Å²) in [7, 11) is 0. The topological polar surface area (TPSA) is 76.0 Å². The molecule has 0 aliphatic carbocycles. The summed E-state index contributed by atoms with van der Waals surface area (Å²) in [5.74, 6) is 5.63. The number of rotatable bonds is 5. The van der Waals surface area contributed by atoms with Crippen LogP contribution in [-0.2, 0) is 11.3 Å². The van der Waals surface area contributed by atoms with Crippen LogP contribution in [0.1, 0.15) is 28.4 Å². The first-order valence-electron chi connectivity index (χ1n) is 8.79. The van der Waals surface area contributed by atoms with Gasteiger partial charge in [-0.2, -0.15) is 0 Å². The number of hydrogen-bond donors (Lipinski definition) is 2. The summed E-state index contributed by atoms with van der Waals surface area (Å²) in [6, 6.07) is 14.7. The van der Waals surface area contributed by atoms with E-state index >= 15 is 0 Å². The van der Waals surface area contributed by atoms with Crippen molar-refractivity contribution >= 4 is 17.5 Å². The maximum Gasteiger partial charge on any atom is 0.252 e. The summed E-state index contributed by atoms with van der Waals surface area (Å²) in [6.07, 6.45) is 5.39. The van der Waals surface area contributed by atoms with Crippen LogP contribution < -0.4 is 10.6 Å². The highest BCUT2D eigenvalue weighted by atomic mass is 16.2. The zero-order valence-electron chi connectivity index (χ0n) is 15.5. The van der Waals surface area contributed by atoms with Crippen LogP contribution in [0.25, 0.3) is 0 Å². The van der Waals surface area contributed by atoms with E-state index in [1.165, 1.54) is 6.92 Å². The van der Waals surface area contributed by atoms with Crippen LogP contribution in [-0.4, -0.2) is 27.9 Å². The summed E-state index contributed by atoms with van der Waals surface area (Å²) >= 11 is 0. The summed E-state index contributed by atoms with van der Waals surface area (Å²) in [6.45, 7) is 2.43. The lowest BCUT2D eigenvalue weighted by Gasteiger charge is -2.05. The SMILES string of the molecule is CC(=O)Nc1ccc(C#CCNC(=O)c2ccc(Cn3ccnc3)cc2)cc1. The van der Waals surface area contributed by atoms with Gasteiger partial charge in [0.05, 0.1) is 12.9 Å². The molecule has 0 spiro atoms. The maximum atomic E-state index is 12.2. The van der Waals surface area contributed by atoms with Crippen LogP contribution in [0.3, 0.4) is 0 Å². The Balaban J connectivity index is 1.49. The van der Waals surface area contributed by atoms with E-state index < -0.39 is 0 Å². The number of hydrogen-bond acceptors (Lipinski definition) is 3. The highest BCUT2D eigenvalue weighted by Crippen LogP contribution is 2.08. The molecule has 0 bridgehead atoms. The van der Waals surface area contributed by atoms with Gasteiger partial charge < -0.3 is 15.2 Å². The fourth-order valence-corrected chi connectivity index (χ4v) is 2.57. The van der Waals surface area contributed by atoms with E-state index in [0.29, 0.717) is 12.1 Å². The molecule has 0 unspecified atom stereocenters. The molecule has 2 amide bonds. The molecule has 0 atom stereocenters. The Labute approximate surface area is 163 Å². The second-order valence-corrected chi connectivity index (χ2v) is 6.17. The lowest BCUT2D eigenvalue weighted by molar-refractivity contribution is -0.114. The van der Waals surface area contributed by atoms with Crippen molar-refractivity contribution in [3.8, 4) is 11.8 Å². The molecule has 6 nitrogen and oxygen atoms in total. The minimum absolute atomic E-state index is 0.115. The third-order valence-electron chi connectivity index (χ3n) is 3.92. The highest BCUT2D eigenvalue weighted by Gasteiger charge is 2.04. The summed E-state index contributed by atoms with van der Waals surface area (Å²) in [4.78, 5) is 27.2. The maximum absolute atomic E-state index is 12.2. The Morgan fingerprint density at radius 1 is 1.07 bits per heavy atom. The predicted octanol–water partition coefficient (Wildman–Crippen LogP) is 2.67. The van der Waals surface area contributed by atoms with Crippen molar-refractivity contribution in [1.82, 2.24) is 14.9 Å². The third-order valence-corrected chi connectivity index (χ3v) is 3.92. The number of nitrogens with one attached hydrogen (secondary N) is 2. The Bertz CT molecular complexity index is 995. The molecule has 0 saturated carbocycles. The molecule has 1 heterocycles. The number of aromatic nitrogens is 2. The second-order valence-electron chi connectivity index (χ2n) is 6.17. The molecule has 0 radical (unpaired) electrons. The van der Waals surface area contributed by atoms with Crippen LogP contribution in [0, 0.1) is 11.8 Å². The molecule has 0 aliphatic heterocycles. The molecule has 28 heavy (non-hydrogen) atoms. The molecule has 0 aliphatic rings. The largest absolute Gasteiger partial charge is 0.341 e. The first kappa shape index (κ1) is 18.9. The minimum atomic E-state index is -0.163. The van der Waals surface area contributed by atoms with Gasteiger partial charge in [-0.25, -0.2) is 4.98 Å². The number of amides is 2. The van der Waals surface area contributed by atoms with Crippen molar-refractivity contribution in [2.45, 2.75) is 13.5 Å². The van der Waals surface area contributed by atoms with Gasteiger partial charge in [0.15, 0.2) is 0 Å². The number of anilines is 1. The van der Waals surface area contributed by atoms with Gasteiger partial charge in [-0.05, 0) is 42.0 Å². The second kappa shape index (κ2) is 9.19. The van der Waals surface area contributed by atoms with Gasteiger partial charge in [-0.1, -0.05) is 24.0 Å². The zero-order chi connectivity index (χ0) is 19.8. The van der Waals surface area contributed by atoms with Gasteiger partial charge in [-0.15, -0.1) is 0 Å². The normalized spacial score (nSPS) is 9.89. The molecular formula is C22H20N4O2. The first-order chi connectivity index (χ1) is 13.6. The number of carbonyl (C=O) groups excluding carboxylic acids is 2. The van der Waals surface area contributed by atoms with Gasteiger partial charge in [0, 0.05) is 42.7 Å². The number of carbonyl (C=O) groups is 2. The van der Waals surface area contributed by atoms with E-state index in [-0.39, 0.29) is 18.4 Å². The lowest BCUT2D eigenvalue weighted by Crippen LogP contribution is -2.23. The monoisotopic (exact) mass is 372 g/mol. The molecule has 2 aromatic carbocycles. The molecule has 1 aromatic heterocycles. The zero-order valence-corrected chi connectivity index (χ0v) is 15.5. The molecule has 3 rings (SSSR count). The number of benzene rings is 2. The van der Waals surface area contributed by atoms with Crippen molar-refractivity contribution in [3.05, 3.63) is 83.9 Å². The van der Waals surface area contributed by atoms with E-state index in [4.69, 9.17) is 0 Å². The van der Waals surface area contributed by atoms with E-state index in [9.17, 15) is 9.59 Å². The van der Waals surface area contributed by atoms with Gasteiger partial charge >= 0.3 is 0 Å². The van der Waals surface area contributed by atoms with Crippen molar-refractivity contribution in [2.24, 2.45) is 0 Å². The van der Waals surface area contributed by atoms with E-state index in [1.807, 2.05) is 35.0 Å². The van der Waals surface area contributed by atoms with E-state index in [0.717, 1.165) is 16.8 Å². The van der Waals surface area contributed by atoms with Crippen molar-refractivity contribution in [1.29, 1.82) is 0 Å². The molecule has 3 aromatic rings. The predicted molar refractivity (Wildman–Crippen MR) is 108 cm³/mol. The number of imidazole rings is 1. The summed E-state index contributed by atoms with van der Waals surface area (Å²) < 4.78 is 1.97. The summed E-state index contributed by atoms with van der Waals surface area (Å²) in [5.41, 5.74) is 3.22. The Morgan fingerprint density at radius 2 is 1.82 bits per heavy atom. The van der Waals surface area contributed by atoms with Crippen molar-refractivity contribution in [2.75, 3.05) is 11.9 Å². The van der Waals surface area contributed by atoms with Crippen molar-refractivity contribution in [3.63, 3.8) is 0 Å². The van der Waals surface area contributed by atoms with Gasteiger partial charge in [0.2, 0.25) is 5.91 Å². The van der Waals surface area contributed by atoms with E-state index in [2.05, 4.69) is 27.5 Å². The molecular weight excluding hydrogens is 352 g/mol. The molecule has 140 valence electrons. The third kappa shape index (κ3) is 5.58. The molecule has 6 heteroatoms. The van der Waals surface area contributed by atoms with Crippen LogP contribution in [0.2, 0.25) is 0 Å². The van der Waals surface area contributed by atoms with Gasteiger partial charge in [0.25, 0.3) is 5.91 Å². The Hall–Kier alpha value is -3.85.